The first-order valence-corrected chi connectivity index (χ1v) is 6.73. The molecule has 6 heteroatoms. The summed E-state index contributed by atoms with van der Waals surface area (Å²) in [5, 5.41) is 6.97. The summed E-state index contributed by atoms with van der Waals surface area (Å²) in [6.07, 6.45) is 4.27. The number of halogens is 1. The molecule has 1 heterocycles. The van der Waals surface area contributed by atoms with E-state index in [0.29, 0.717) is 12.3 Å². The summed E-state index contributed by atoms with van der Waals surface area (Å²) >= 11 is 0. The molecule has 2 rings (SSSR count). The summed E-state index contributed by atoms with van der Waals surface area (Å²) in [6.45, 7) is 4.10. The molecule has 0 aliphatic rings. The number of nitrogens with one attached hydrogen (secondary N) is 1. The number of hydrogen-bond donors (Lipinski definition) is 2. The van der Waals surface area contributed by atoms with Gasteiger partial charge in [-0.2, -0.15) is 5.10 Å². The molecule has 0 radical (unpaired) electrons. The SMILES string of the molecule is CC(C)C[C@H](N)C(=O)Nc1ccc(-n2cccn2)cc1.Cl. The van der Waals surface area contributed by atoms with Gasteiger partial charge in [-0.25, -0.2) is 4.68 Å². The molecule has 2 aromatic rings. The first-order chi connectivity index (χ1) is 9.56. The maximum atomic E-state index is 11.9. The predicted molar refractivity (Wildman–Crippen MR) is 86.9 cm³/mol. The van der Waals surface area contributed by atoms with Gasteiger partial charge in [-0.3, -0.25) is 4.79 Å². The first-order valence-electron chi connectivity index (χ1n) is 6.73. The lowest BCUT2D eigenvalue weighted by atomic mass is 10.0. The Labute approximate surface area is 130 Å². The molecule has 5 nitrogen and oxygen atoms in total. The second kappa shape index (κ2) is 7.81. The van der Waals surface area contributed by atoms with E-state index in [9.17, 15) is 4.79 Å². The minimum absolute atomic E-state index is 0. The van der Waals surface area contributed by atoms with Crippen LogP contribution in [0, 0.1) is 5.92 Å². The Bertz CT molecular complexity index is 552. The number of amides is 1. The van der Waals surface area contributed by atoms with Gasteiger partial charge in [0.25, 0.3) is 0 Å². The number of anilines is 1. The minimum atomic E-state index is -0.471. The lowest BCUT2D eigenvalue weighted by Gasteiger charge is -2.14. The van der Waals surface area contributed by atoms with Crippen LogP contribution in [0.4, 0.5) is 5.69 Å². The normalized spacial score (nSPS) is 11.8. The number of nitrogens with zero attached hydrogens (tertiary/aromatic N) is 2. The predicted octanol–water partition coefficient (Wildman–Crippen LogP) is 2.61. The summed E-state index contributed by atoms with van der Waals surface area (Å²) in [7, 11) is 0. The molecule has 0 fully saturated rings. The fraction of sp³-hybridized carbons (Fsp3) is 0.333. The van der Waals surface area contributed by atoms with Gasteiger partial charge in [0.15, 0.2) is 0 Å². The van der Waals surface area contributed by atoms with E-state index in [1.54, 1.807) is 10.9 Å². The molecule has 0 unspecified atom stereocenters. The van der Waals surface area contributed by atoms with Crippen LogP contribution in [0.1, 0.15) is 20.3 Å². The maximum absolute atomic E-state index is 11.9. The van der Waals surface area contributed by atoms with Gasteiger partial charge in [0.2, 0.25) is 5.91 Å². The fourth-order valence-corrected chi connectivity index (χ4v) is 1.97. The van der Waals surface area contributed by atoms with Crippen molar-refractivity contribution < 1.29 is 4.79 Å². The third-order valence-corrected chi connectivity index (χ3v) is 2.97. The highest BCUT2D eigenvalue weighted by Crippen LogP contribution is 2.13. The number of rotatable bonds is 5. The maximum Gasteiger partial charge on any atom is 0.241 e. The van der Waals surface area contributed by atoms with E-state index in [0.717, 1.165) is 11.4 Å². The fourth-order valence-electron chi connectivity index (χ4n) is 1.97. The third kappa shape index (κ3) is 4.88. The number of carbonyl (C=O) groups is 1. The van der Waals surface area contributed by atoms with Crippen molar-refractivity contribution in [1.82, 2.24) is 9.78 Å². The molecular weight excluding hydrogens is 288 g/mol. The number of nitrogens with two attached hydrogens (primary N) is 1. The average Bonchev–Trinajstić information content (AvgIpc) is 2.92. The highest BCUT2D eigenvalue weighted by Gasteiger charge is 2.14. The summed E-state index contributed by atoms with van der Waals surface area (Å²) in [5.41, 5.74) is 7.53. The molecule has 1 aromatic heterocycles. The minimum Gasteiger partial charge on any atom is -0.325 e. The molecule has 1 aromatic carbocycles. The van der Waals surface area contributed by atoms with Crippen molar-refractivity contribution >= 4 is 24.0 Å². The van der Waals surface area contributed by atoms with E-state index >= 15 is 0 Å². The first kappa shape index (κ1) is 17.2. The summed E-state index contributed by atoms with van der Waals surface area (Å²) < 4.78 is 1.76. The van der Waals surface area contributed by atoms with Crippen molar-refractivity contribution in [2.24, 2.45) is 11.7 Å². The van der Waals surface area contributed by atoms with E-state index in [1.165, 1.54) is 0 Å². The van der Waals surface area contributed by atoms with Gasteiger partial charge in [-0.15, -0.1) is 12.4 Å². The molecule has 0 spiro atoms. The van der Waals surface area contributed by atoms with E-state index in [4.69, 9.17) is 5.73 Å². The summed E-state index contributed by atoms with van der Waals surface area (Å²) in [5.74, 6) is 0.253. The Balaban J connectivity index is 0.00000220. The van der Waals surface area contributed by atoms with Crippen molar-refractivity contribution in [2.45, 2.75) is 26.3 Å². The zero-order chi connectivity index (χ0) is 14.5. The van der Waals surface area contributed by atoms with Crippen LogP contribution >= 0.6 is 12.4 Å². The molecule has 0 saturated carbocycles. The van der Waals surface area contributed by atoms with E-state index in [2.05, 4.69) is 10.4 Å². The molecule has 0 bridgehead atoms. The van der Waals surface area contributed by atoms with Gasteiger partial charge in [0.1, 0.15) is 0 Å². The van der Waals surface area contributed by atoms with Crippen molar-refractivity contribution in [1.29, 1.82) is 0 Å². The average molecular weight is 309 g/mol. The van der Waals surface area contributed by atoms with Crippen LogP contribution in [0.2, 0.25) is 0 Å². The van der Waals surface area contributed by atoms with Gasteiger partial charge in [-0.1, -0.05) is 13.8 Å². The topological polar surface area (TPSA) is 72.9 Å². The Hall–Kier alpha value is -1.85. The molecular formula is C15H21ClN4O. The standard InChI is InChI=1S/C15H20N4O.ClH/c1-11(2)10-14(16)15(20)18-12-4-6-13(7-5-12)19-9-3-8-17-19;/h3-9,11,14H,10,16H2,1-2H3,(H,18,20);1H/t14-;/m0./s1. The second-order valence-corrected chi connectivity index (χ2v) is 5.22. The van der Waals surface area contributed by atoms with Gasteiger partial charge < -0.3 is 11.1 Å². The second-order valence-electron chi connectivity index (χ2n) is 5.22. The third-order valence-electron chi connectivity index (χ3n) is 2.97. The number of benzene rings is 1. The Morgan fingerprint density at radius 1 is 1.33 bits per heavy atom. The van der Waals surface area contributed by atoms with Crippen molar-refractivity contribution in [3.63, 3.8) is 0 Å². The van der Waals surface area contributed by atoms with Crippen LogP contribution in [0.3, 0.4) is 0 Å². The molecule has 0 aliphatic carbocycles. The molecule has 114 valence electrons. The number of hydrogen-bond acceptors (Lipinski definition) is 3. The number of carbonyl (C=O) groups excluding carboxylic acids is 1. The Morgan fingerprint density at radius 3 is 2.52 bits per heavy atom. The van der Waals surface area contributed by atoms with Crippen molar-refractivity contribution in [2.75, 3.05) is 5.32 Å². The van der Waals surface area contributed by atoms with Crippen molar-refractivity contribution in [3.8, 4) is 5.69 Å². The van der Waals surface area contributed by atoms with Crippen LogP contribution in [-0.2, 0) is 4.79 Å². The summed E-state index contributed by atoms with van der Waals surface area (Å²) in [4.78, 5) is 11.9. The lowest BCUT2D eigenvalue weighted by molar-refractivity contribution is -0.117. The molecule has 0 aliphatic heterocycles. The van der Waals surface area contributed by atoms with E-state index in [1.807, 2.05) is 50.4 Å². The van der Waals surface area contributed by atoms with Crippen LogP contribution in [0.5, 0.6) is 0 Å². The monoisotopic (exact) mass is 308 g/mol. The molecule has 21 heavy (non-hydrogen) atoms. The zero-order valence-corrected chi connectivity index (χ0v) is 13.0. The molecule has 0 saturated heterocycles. The van der Waals surface area contributed by atoms with Crippen LogP contribution in [-0.4, -0.2) is 21.7 Å². The smallest absolute Gasteiger partial charge is 0.241 e. The summed E-state index contributed by atoms with van der Waals surface area (Å²) in [6, 6.07) is 8.88. The quantitative estimate of drug-likeness (QED) is 0.891. The molecule has 1 atom stereocenters. The van der Waals surface area contributed by atoms with Crippen LogP contribution < -0.4 is 11.1 Å². The molecule has 1 amide bonds. The van der Waals surface area contributed by atoms with Crippen molar-refractivity contribution in [3.05, 3.63) is 42.7 Å². The highest BCUT2D eigenvalue weighted by atomic mass is 35.5. The van der Waals surface area contributed by atoms with Gasteiger partial charge >= 0.3 is 0 Å². The highest BCUT2D eigenvalue weighted by molar-refractivity contribution is 5.94. The Morgan fingerprint density at radius 2 is 2.00 bits per heavy atom. The zero-order valence-electron chi connectivity index (χ0n) is 12.2. The van der Waals surface area contributed by atoms with E-state index in [-0.39, 0.29) is 18.3 Å². The van der Waals surface area contributed by atoms with Crippen LogP contribution in [0.15, 0.2) is 42.7 Å². The largest absolute Gasteiger partial charge is 0.325 e. The number of aromatic nitrogens is 2. The lowest BCUT2D eigenvalue weighted by Crippen LogP contribution is -2.36. The molecule has 3 N–H and O–H groups in total. The van der Waals surface area contributed by atoms with Gasteiger partial charge in [0, 0.05) is 18.1 Å². The van der Waals surface area contributed by atoms with E-state index < -0.39 is 6.04 Å². The van der Waals surface area contributed by atoms with Gasteiger partial charge in [0.05, 0.1) is 11.7 Å². The van der Waals surface area contributed by atoms with Crippen LogP contribution in [0.25, 0.3) is 5.69 Å². The Kier molecular flexibility index (Phi) is 6.39. The van der Waals surface area contributed by atoms with Gasteiger partial charge in [-0.05, 0) is 42.7 Å².